The minimum atomic E-state index is -1.02. The van der Waals surface area contributed by atoms with Gasteiger partial charge in [-0.1, -0.05) is 30.3 Å². The minimum absolute atomic E-state index is 0.123. The van der Waals surface area contributed by atoms with Crippen molar-refractivity contribution in [2.45, 2.75) is 6.54 Å². The molecule has 0 spiro atoms. The van der Waals surface area contributed by atoms with Gasteiger partial charge >= 0.3 is 0 Å². The summed E-state index contributed by atoms with van der Waals surface area (Å²) in [5, 5.41) is 2.05. The van der Waals surface area contributed by atoms with Crippen LogP contribution in [0, 0.1) is 0 Å². The summed E-state index contributed by atoms with van der Waals surface area (Å²) >= 11 is 1.25. The molecule has 3 heterocycles. The van der Waals surface area contributed by atoms with Crippen LogP contribution in [0.5, 0.6) is 0 Å². The fraction of sp³-hybridized carbons (Fsp3) is 0.238. The number of carbonyl (C=O) groups is 3. The van der Waals surface area contributed by atoms with Gasteiger partial charge in [-0.05, 0) is 11.6 Å². The highest BCUT2D eigenvalue weighted by Crippen LogP contribution is 2.26. The quantitative estimate of drug-likeness (QED) is 0.514. The number of aromatic nitrogens is 1. The molecule has 1 aliphatic heterocycles. The molecule has 0 saturated carbocycles. The monoisotopic (exact) mass is 408 g/mol. The van der Waals surface area contributed by atoms with Crippen molar-refractivity contribution in [2.24, 2.45) is 5.73 Å². The molecule has 29 heavy (non-hydrogen) atoms. The van der Waals surface area contributed by atoms with Crippen LogP contribution in [-0.4, -0.2) is 58.6 Å². The lowest BCUT2D eigenvalue weighted by atomic mass is 10.1. The summed E-state index contributed by atoms with van der Waals surface area (Å²) in [5.41, 5.74) is 6.98. The van der Waals surface area contributed by atoms with Crippen molar-refractivity contribution in [1.29, 1.82) is 0 Å². The SMILES string of the molecule is NC(=O)C(=O)c1csc2ncc(C(=O)N3CCN(Cc4ccccc4)CC3)cc12. The van der Waals surface area contributed by atoms with Gasteiger partial charge in [0.15, 0.2) is 0 Å². The molecule has 8 heteroatoms. The molecule has 0 aliphatic carbocycles. The number of nitrogens with two attached hydrogens (primary N) is 1. The number of primary amides is 1. The molecular weight excluding hydrogens is 388 g/mol. The number of ketones is 1. The van der Waals surface area contributed by atoms with E-state index in [0.717, 1.165) is 19.6 Å². The van der Waals surface area contributed by atoms with E-state index in [-0.39, 0.29) is 11.5 Å². The molecule has 148 valence electrons. The molecule has 2 N–H and O–H groups in total. The zero-order valence-corrected chi connectivity index (χ0v) is 16.5. The Hall–Kier alpha value is -3.10. The van der Waals surface area contributed by atoms with E-state index < -0.39 is 11.7 Å². The molecule has 1 aliphatic rings. The van der Waals surface area contributed by atoms with Crippen molar-refractivity contribution in [3.05, 3.63) is 64.7 Å². The molecule has 7 nitrogen and oxygen atoms in total. The average Bonchev–Trinajstić information content (AvgIpc) is 3.17. The molecule has 0 unspecified atom stereocenters. The van der Waals surface area contributed by atoms with E-state index in [1.54, 1.807) is 16.3 Å². The van der Waals surface area contributed by atoms with E-state index in [0.29, 0.717) is 28.9 Å². The number of nitrogens with zero attached hydrogens (tertiary/aromatic N) is 3. The second kappa shape index (κ2) is 8.10. The number of pyridine rings is 1. The second-order valence-corrected chi connectivity index (χ2v) is 7.83. The largest absolute Gasteiger partial charge is 0.363 e. The molecule has 3 aromatic rings. The first-order chi connectivity index (χ1) is 14.0. The van der Waals surface area contributed by atoms with Gasteiger partial charge in [-0.25, -0.2) is 4.98 Å². The molecule has 2 aromatic heterocycles. The van der Waals surface area contributed by atoms with E-state index in [9.17, 15) is 14.4 Å². The zero-order valence-electron chi connectivity index (χ0n) is 15.7. The highest BCUT2D eigenvalue weighted by molar-refractivity contribution is 7.17. The number of thiophene rings is 1. The number of hydrogen-bond acceptors (Lipinski definition) is 6. The van der Waals surface area contributed by atoms with E-state index in [1.807, 2.05) is 18.2 Å². The van der Waals surface area contributed by atoms with Gasteiger partial charge in [0.25, 0.3) is 17.6 Å². The Kier molecular flexibility index (Phi) is 5.37. The first-order valence-corrected chi connectivity index (χ1v) is 10.2. The number of amides is 2. The smallest absolute Gasteiger partial charge is 0.289 e. The van der Waals surface area contributed by atoms with E-state index in [1.165, 1.54) is 23.1 Å². The van der Waals surface area contributed by atoms with Crippen LogP contribution in [0.25, 0.3) is 10.2 Å². The van der Waals surface area contributed by atoms with Crippen molar-refractivity contribution in [3.63, 3.8) is 0 Å². The van der Waals surface area contributed by atoms with Crippen LogP contribution in [0.2, 0.25) is 0 Å². The molecule has 0 atom stereocenters. The first-order valence-electron chi connectivity index (χ1n) is 9.30. The molecule has 2 amide bonds. The first kappa shape index (κ1) is 19.2. The van der Waals surface area contributed by atoms with Crippen LogP contribution in [0.1, 0.15) is 26.3 Å². The number of fused-ring (bicyclic) bond motifs is 1. The number of benzene rings is 1. The Morgan fingerprint density at radius 1 is 1.07 bits per heavy atom. The number of carbonyl (C=O) groups excluding carboxylic acids is 3. The third-order valence-corrected chi connectivity index (χ3v) is 5.96. The van der Waals surface area contributed by atoms with Crippen LogP contribution in [0.15, 0.2) is 48.0 Å². The highest BCUT2D eigenvalue weighted by atomic mass is 32.1. The topological polar surface area (TPSA) is 96.6 Å². The van der Waals surface area contributed by atoms with Crippen molar-refractivity contribution in [2.75, 3.05) is 26.2 Å². The van der Waals surface area contributed by atoms with Gasteiger partial charge in [-0.15, -0.1) is 11.3 Å². The van der Waals surface area contributed by atoms with E-state index in [2.05, 4.69) is 22.0 Å². The molecule has 1 aromatic carbocycles. The maximum Gasteiger partial charge on any atom is 0.289 e. The Morgan fingerprint density at radius 2 is 1.79 bits per heavy atom. The number of hydrogen-bond donors (Lipinski definition) is 1. The zero-order chi connectivity index (χ0) is 20.4. The second-order valence-electron chi connectivity index (χ2n) is 6.97. The summed E-state index contributed by atoms with van der Waals surface area (Å²) in [4.78, 5) is 45.2. The third-order valence-electron chi connectivity index (χ3n) is 5.05. The third kappa shape index (κ3) is 4.03. The molecule has 4 rings (SSSR count). The lowest BCUT2D eigenvalue weighted by molar-refractivity contribution is -0.114. The number of piperazine rings is 1. The lowest BCUT2D eigenvalue weighted by Crippen LogP contribution is -2.48. The fourth-order valence-electron chi connectivity index (χ4n) is 3.48. The summed E-state index contributed by atoms with van der Waals surface area (Å²) < 4.78 is 0. The van der Waals surface area contributed by atoms with E-state index >= 15 is 0 Å². The predicted molar refractivity (Wildman–Crippen MR) is 111 cm³/mol. The van der Waals surface area contributed by atoms with Crippen LogP contribution in [0.4, 0.5) is 0 Å². The summed E-state index contributed by atoms with van der Waals surface area (Å²) in [6, 6.07) is 11.9. The van der Waals surface area contributed by atoms with Crippen molar-refractivity contribution in [1.82, 2.24) is 14.8 Å². The van der Waals surface area contributed by atoms with Crippen molar-refractivity contribution >= 4 is 39.2 Å². The van der Waals surface area contributed by atoms with Crippen molar-refractivity contribution in [3.8, 4) is 0 Å². The summed E-state index contributed by atoms with van der Waals surface area (Å²) in [6.07, 6.45) is 1.52. The summed E-state index contributed by atoms with van der Waals surface area (Å²) in [7, 11) is 0. The van der Waals surface area contributed by atoms with Gasteiger partial charge in [0.05, 0.1) is 5.56 Å². The predicted octanol–water partition coefficient (Wildman–Crippen LogP) is 1.92. The van der Waals surface area contributed by atoms with Crippen molar-refractivity contribution < 1.29 is 14.4 Å². The van der Waals surface area contributed by atoms with Crippen LogP contribution in [-0.2, 0) is 11.3 Å². The molecule has 1 fully saturated rings. The van der Waals surface area contributed by atoms with Crippen LogP contribution >= 0.6 is 11.3 Å². The van der Waals surface area contributed by atoms with Crippen LogP contribution in [0.3, 0.4) is 0 Å². The van der Waals surface area contributed by atoms with Gasteiger partial charge in [0.2, 0.25) is 0 Å². The Bertz CT molecular complexity index is 1070. The number of rotatable bonds is 5. The van der Waals surface area contributed by atoms with Crippen LogP contribution < -0.4 is 5.73 Å². The molecule has 1 saturated heterocycles. The maximum atomic E-state index is 12.9. The summed E-state index contributed by atoms with van der Waals surface area (Å²) in [5.74, 6) is -1.91. The minimum Gasteiger partial charge on any atom is -0.363 e. The Balaban J connectivity index is 1.46. The maximum absolute atomic E-state index is 12.9. The molecule has 0 radical (unpaired) electrons. The standard InChI is InChI=1S/C21H20N4O3S/c22-19(27)18(26)17-13-29-20-16(17)10-15(11-23-20)21(28)25-8-6-24(7-9-25)12-14-4-2-1-3-5-14/h1-5,10-11,13H,6-9,12H2,(H2,22,27). The van der Waals surface area contributed by atoms with Gasteiger partial charge in [-0.2, -0.15) is 0 Å². The molecular formula is C21H20N4O3S. The number of Topliss-reactive ketones (excluding diaryl/α,β-unsaturated/α-hetero) is 1. The Labute approximate surface area is 171 Å². The van der Waals surface area contributed by atoms with Gasteiger partial charge in [-0.3, -0.25) is 19.3 Å². The molecule has 0 bridgehead atoms. The van der Waals surface area contributed by atoms with Gasteiger partial charge in [0.1, 0.15) is 4.83 Å². The van der Waals surface area contributed by atoms with E-state index in [4.69, 9.17) is 5.73 Å². The van der Waals surface area contributed by atoms with Gasteiger partial charge in [0, 0.05) is 55.3 Å². The highest BCUT2D eigenvalue weighted by Gasteiger charge is 2.24. The average molecular weight is 408 g/mol. The lowest BCUT2D eigenvalue weighted by Gasteiger charge is -2.34. The normalized spacial score (nSPS) is 14.8. The fourth-order valence-corrected chi connectivity index (χ4v) is 4.35. The summed E-state index contributed by atoms with van der Waals surface area (Å²) in [6.45, 7) is 3.70. The Morgan fingerprint density at radius 3 is 2.48 bits per heavy atom. The van der Waals surface area contributed by atoms with Gasteiger partial charge < -0.3 is 10.6 Å².